The molecule has 0 unspecified atom stereocenters. The Morgan fingerprint density at radius 1 is 1.12 bits per heavy atom. The van der Waals surface area contributed by atoms with E-state index in [1.165, 1.54) is 0 Å². The maximum absolute atomic E-state index is 5.40. The second kappa shape index (κ2) is 7.31. The van der Waals surface area contributed by atoms with Crippen LogP contribution in [0.2, 0.25) is 0 Å². The molecule has 0 radical (unpaired) electrons. The van der Waals surface area contributed by atoms with Crippen molar-refractivity contribution in [2.24, 2.45) is 0 Å². The van der Waals surface area contributed by atoms with Gasteiger partial charge in [-0.15, -0.1) is 0 Å². The van der Waals surface area contributed by atoms with Crippen LogP contribution in [0.4, 0.5) is 0 Å². The minimum Gasteiger partial charge on any atom is -0.379 e. The highest BCUT2D eigenvalue weighted by Gasteiger charge is 2.20. The van der Waals surface area contributed by atoms with E-state index < -0.39 is 0 Å². The van der Waals surface area contributed by atoms with E-state index in [2.05, 4.69) is 37.9 Å². The Labute approximate surface area is 106 Å². The third-order valence-corrected chi connectivity index (χ3v) is 3.10. The topological polar surface area (TPSA) is 33.7 Å². The first-order valence-electron chi connectivity index (χ1n) is 6.68. The van der Waals surface area contributed by atoms with Gasteiger partial charge in [0, 0.05) is 32.2 Å². The molecule has 102 valence electrons. The van der Waals surface area contributed by atoms with E-state index in [0.29, 0.717) is 6.04 Å². The van der Waals surface area contributed by atoms with E-state index in [0.717, 1.165) is 46.0 Å². The molecule has 0 aromatic rings. The Morgan fingerprint density at radius 2 is 1.76 bits per heavy atom. The molecular weight excluding hydrogens is 216 g/mol. The summed E-state index contributed by atoms with van der Waals surface area (Å²) in [5.41, 5.74) is 0.0677. The Balaban J connectivity index is 0.000000171. The monoisotopic (exact) mass is 244 g/mol. The van der Waals surface area contributed by atoms with E-state index in [1.54, 1.807) is 0 Å². The molecule has 2 rings (SSSR count). The van der Waals surface area contributed by atoms with E-state index >= 15 is 0 Å². The molecule has 2 saturated heterocycles. The largest absolute Gasteiger partial charge is 0.379 e. The molecule has 4 nitrogen and oxygen atoms in total. The Kier molecular flexibility index (Phi) is 6.41. The van der Waals surface area contributed by atoms with Crippen molar-refractivity contribution in [2.45, 2.75) is 39.3 Å². The maximum atomic E-state index is 5.40. The van der Waals surface area contributed by atoms with E-state index in [4.69, 9.17) is 9.47 Å². The summed E-state index contributed by atoms with van der Waals surface area (Å²) in [6, 6.07) is 0.689. The summed E-state index contributed by atoms with van der Waals surface area (Å²) < 4.78 is 10.6. The predicted molar refractivity (Wildman–Crippen MR) is 70.4 cm³/mol. The molecule has 0 saturated carbocycles. The fraction of sp³-hybridized carbons (Fsp3) is 1.00. The van der Waals surface area contributed by atoms with E-state index in [1.807, 2.05) is 0 Å². The molecular formula is C13H28N2O2. The zero-order valence-corrected chi connectivity index (χ0v) is 11.8. The van der Waals surface area contributed by atoms with Gasteiger partial charge in [-0.05, 0) is 27.7 Å². The molecule has 2 aliphatic rings. The van der Waals surface area contributed by atoms with Gasteiger partial charge < -0.3 is 14.8 Å². The molecule has 0 aromatic carbocycles. The minimum absolute atomic E-state index is 0.0677. The van der Waals surface area contributed by atoms with Crippen LogP contribution >= 0.6 is 0 Å². The lowest BCUT2D eigenvalue weighted by atomic mass is 10.1. The van der Waals surface area contributed by atoms with Crippen LogP contribution in [0.15, 0.2) is 0 Å². The number of nitrogens with one attached hydrogen (secondary N) is 1. The molecule has 0 aromatic heterocycles. The van der Waals surface area contributed by atoms with Crippen molar-refractivity contribution in [1.82, 2.24) is 10.2 Å². The van der Waals surface area contributed by atoms with Crippen LogP contribution in [-0.2, 0) is 9.47 Å². The molecule has 2 aliphatic heterocycles. The molecule has 0 aliphatic carbocycles. The number of ether oxygens (including phenoxy) is 2. The van der Waals surface area contributed by atoms with Gasteiger partial charge in [-0.2, -0.15) is 0 Å². The second-order valence-corrected chi connectivity index (χ2v) is 5.53. The Bertz CT molecular complexity index is 194. The molecule has 4 heteroatoms. The average molecular weight is 244 g/mol. The lowest BCUT2D eigenvalue weighted by molar-refractivity contribution is -0.0384. The first-order chi connectivity index (χ1) is 8.01. The average Bonchev–Trinajstić information content (AvgIpc) is 2.30. The SMILES string of the molecule is CC(C)N1CCOCC1.CC1(C)CNCCO1. The van der Waals surface area contributed by atoms with Crippen molar-refractivity contribution in [3.05, 3.63) is 0 Å². The van der Waals surface area contributed by atoms with Crippen LogP contribution in [0.25, 0.3) is 0 Å². The standard InChI is InChI=1S/C7H15NO.C6H13NO/c1-7(2)8-3-5-9-6-4-8;1-6(2)5-7-3-4-8-6/h7H,3-6H2,1-2H3;7H,3-5H2,1-2H3. The van der Waals surface area contributed by atoms with Crippen molar-refractivity contribution in [3.63, 3.8) is 0 Å². The zero-order valence-electron chi connectivity index (χ0n) is 11.8. The second-order valence-electron chi connectivity index (χ2n) is 5.53. The molecule has 17 heavy (non-hydrogen) atoms. The molecule has 2 fully saturated rings. The summed E-state index contributed by atoms with van der Waals surface area (Å²) in [5, 5.41) is 3.25. The lowest BCUT2D eigenvalue weighted by Gasteiger charge is -2.30. The van der Waals surface area contributed by atoms with Crippen LogP contribution in [0, 0.1) is 0 Å². The van der Waals surface area contributed by atoms with Gasteiger partial charge in [0.2, 0.25) is 0 Å². The van der Waals surface area contributed by atoms with Gasteiger partial charge in [-0.1, -0.05) is 0 Å². The van der Waals surface area contributed by atoms with Crippen LogP contribution in [-0.4, -0.2) is 62.5 Å². The van der Waals surface area contributed by atoms with Crippen molar-refractivity contribution < 1.29 is 9.47 Å². The third kappa shape index (κ3) is 6.36. The summed E-state index contributed by atoms with van der Waals surface area (Å²) in [5.74, 6) is 0. The number of nitrogens with zero attached hydrogens (tertiary/aromatic N) is 1. The van der Waals surface area contributed by atoms with Gasteiger partial charge in [-0.3, -0.25) is 4.90 Å². The van der Waals surface area contributed by atoms with Crippen molar-refractivity contribution in [2.75, 3.05) is 46.0 Å². The van der Waals surface area contributed by atoms with Gasteiger partial charge in [0.25, 0.3) is 0 Å². The highest BCUT2D eigenvalue weighted by Crippen LogP contribution is 2.09. The van der Waals surface area contributed by atoms with Gasteiger partial charge in [0.1, 0.15) is 0 Å². The quantitative estimate of drug-likeness (QED) is 0.749. The predicted octanol–water partition coefficient (Wildman–Crippen LogP) is 1.11. The Morgan fingerprint density at radius 3 is 2.06 bits per heavy atom. The molecule has 1 N–H and O–H groups in total. The molecule has 0 atom stereocenters. The number of rotatable bonds is 1. The normalized spacial score (nSPS) is 25.2. The van der Waals surface area contributed by atoms with Crippen molar-refractivity contribution in [3.8, 4) is 0 Å². The smallest absolute Gasteiger partial charge is 0.0750 e. The lowest BCUT2D eigenvalue weighted by Crippen LogP contribution is -2.45. The van der Waals surface area contributed by atoms with Gasteiger partial charge in [0.05, 0.1) is 25.4 Å². The maximum Gasteiger partial charge on any atom is 0.0750 e. The summed E-state index contributed by atoms with van der Waals surface area (Å²) in [4.78, 5) is 2.43. The number of hydrogen-bond donors (Lipinski definition) is 1. The van der Waals surface area contributed by atoms with Crippen LogP contribution in [0.3, 0.4) is 0 Å². The fourth-order valence-electron chi connectivity index (χ4n) is 1.93. The summed E-state index contributed by atoms with van der Waals surface area (Å²) in [6.45, 7) is 15.5. The minimum atomic E-state index is 0.0677. The van der Waals surface area contributed by atoms with E-state index in [-0.39, 0.29) is 5.60 Å². The number of morpholine rings is 2. The molecule has 0 spiro atoms. The van der Waals surface area contributed by atoms with Gasteiger partial charge in [-0.25, -0.2) is 0 Å². The molecule has 2 heterocycles. The number of hydrogen-bond acceptors (Lipinski definition) is 4. The van der Waals surface area contributed by atoms with Crippen molar-refractivity contribution >= 4 is 0 Å². The summed E-state index contributed by atoms with van der Waals surface area (Å²) in [7, 11) is 0. The van der Waals surface area contributed by atoms with Crippen molar-refractivity contribution in [1.29, 1.82) is 0 Å². The highest BCUT2D eigenvalue weighted by molar-refractivity contribution is 4.75. The molecule has 0 bridgehead atoms. The van der Waals surface area contributed by atoms with Crippen LogP contribution in [0.5, 0.6) is 0 Å². The van der Waals surface area contributed by atoms with Gasteiger partial charge in [0.15, 0.2) is 0 Å². The Hall–Kier alpha value is -0.160. The fourth-order valence-corrected chi connectivity index (χ4v) is 1.93. The third-order valence-electron chi connectivity index (χ3n) is 3.10. The van der Waals surface area contributed by atoms with Crippen LogP contribution < -0.4 is 5.32 Å². The highest BCUT2D eigenvalue weighted by atomic mass is 16.5. The zero-order chi connectivity index (χ0) is 12.7. The summed E-state index contributed by atoms with van der Waals surface area (Å²) >= 11 is 0. The summed E-state index contributed by atoms with van der Waals surface area (Å²) in [6.07, 6.45) is 0. The van der Waals surface area contributed by atoms with Gasteiger partial charge >= 0.3 is 0 Å². The first-order valence-corrected chi connectivity index (χ1v) is 6.68. The van der Waals surface area contributed by atoms with Crippen LogP contribution in [0.1, 0.15) is 27.7 Å². The van der Waals surface area contributed by atoms with E-state index in [9.17, 15) is 0 Å². The molecule has 0 amide bonds. The first kappa shape index (κ1) is 14.9.